The van der Waals surface area contributed by atoms with Gasteiger partial charge in [0.25, 0.3) is 0 Å². The Labute approximate surface area is 189 Å². The van der Waals surface area contributed by atoms with Crippen molar-refractivity contribution < 1.29 is 9.53 Å². The number of nitrogens with zero attached hydrogens (tertiary/aromatic N) is 3. The second-order valence-corrected chi connectivity index (χ2v) is 9.67. The van der Waals surface area contributed by atoms with E-state index < -0.39 is 0 Å². The summed E-state index contributed by atoms with van der Waals surface area (Å²) in [4.78, 5) is 23.0. The first-order chi connectivity index (χ1) is 15.2. The molecule has 1 aromatic carbocycles. The predicted octanol–water partition coefficient (Wildman–Crippen LogP) is 2.39. The molecule has 1 aromatic heterocycles. The van der Waals surface area contributed by atoms with Crippen LogP contribution < -0.4 is 26.4 Å². The van der Waals surface area contributed by atoms with Gasteiger partial charge in [0, 0.05) is 31.3 Å². The van der Waals surface area contributed by atoms with E-state index in [4.69, 9.17) is 16.2 Å². The van der Waals surface area contributed by atoms with E-state index in [1.165, 1.54) is 6.33 Å². The molecule has 2 aliphatic carbocycles. The third-order valence-electron chi connectivity index (χ3n) is 6.73. The van der Waals surface area contributed by atoms with Gasteiger partial charge in [0.1, 0.15) is 17.9 Å². The van der Waals surface area contributed by atoms with Gasteiger partial charge in [-0.3, -0.25) is 4.79 Å². The molecule has 5 N–H and O–H groups in total. The summed E-state index contributed by atoms with van der Waals surface area (Å²) in [5.74, 6) is 1.27. The molecule has 2 aliphatic rings. The van der Waals surface area contributed by atoms with E-state index in [-0.39, 0.29) is 30.0 Å². The van der Waals surface area contributed by atoms with Crippen molar-refractivity contribution in [2.45, 2.75) is 63.5 Å². The Bertz CT molecular complexity index is 1010. The SMILES string of the molecule is CNC(=O)CN(C)c1c(O[C@H]2CC[C@@H](N)CC2)ccc2c1CC(C)(C)c1c(N)ncnc1-2. The van der Waals surface area contributed by atoms with Gasteiger partial charge >= 0.3 is 0 Å². The summed E-state index contributed by atoms with van der Waals surface area (Å²) in [6, 6.07) is 4.33. The number of anilines is 2. The topological polar surface area (TPSA) is 119 Å². The summed E-state index contributed by atoms with van der Waals surface area (Å²) in [5, 5.41) is 2.72. The van der Waals surface area contributed by atoms with Gasteiger partial charge in [-0.1, -0.05) is 13.8 Å². The summed E-state index contributed by atoms with van der Waals surface area (Å²) in [7, 11) is 3.59. The second-order valence-electron chi connectivity index (χ2n) is 9.67. The lowest BCUT2D eigenvalue weighted by Crippen LogP contribution is -2.36. The zero-order valence-electron chi connectivity index (χ0n) is 19.4. The van der Waals surface area contributed by atoms with Crippen LogP contribution in [0.2, 0.25) is 0 Å². The standard InChI is InChI=1S/C24H34N6O2/c1-24(2)11-17-16(21-20(24)23(26)29-13-28-21)9-10-18(22(17)30(4)12-19(31)27-3)32-15-7-5-14(25)6-8-15/h9-10,13-15H,5-8,11-12,25H2,1-4H3,(H,27,31)(H2,26,28,29)/t14-,15+. The molecule has 0 atom stereocenters. The highest BCUT2D eigenvalue weighted by Crippen LogP contribution is 2.49. The zero-order chi connectivity index (χ0) is 23.0. The van der Waals surface area contributed by atoms with Crippen LogP contribution in [0.25, 0.3) is 11.3 Å². The molecule has 8 nitrogen and oxygen atoms in total. The van der Waals surface area contributed by atoms with Crippen molar-refractivity contribution in [3.63, 3.8) is 0 Å². The van der Waals surface area contributed by atoms with Crippen LogP contribution >= 0.6 is 0 Å². The largest absolute Gasteiger partial charge is 0.488 e. The molecule has 1 saturated carbocycles. The third kappa shape index (κ3) is 4.11. The van der Waals surface area contributed by atoms with Crippen molar-refractivity contribution >= 4 is 17.4 Å². The Kier molecular flexibility index (Phi) is 5.99. The molecule has 8 heteroatoms. The second kappa shape index (κ2) is 8.58. The molecular formula is C24H34N6O2. The number of nitrogen functional groups attached to an aromatic ring is 1. The normalized spacial score (nSPS) is 21.3. The van der Waals surface area contributed by atoms with Crippen LogP contribution in [-0.4, -0.2) is 48.7 Å². The Balaban J connectivity index is 1.82. The van der Waals surface area contributed by atoms with Crippen LogP contribution in [-0.2, 0) is 16.6 Å². The quantitative estimate of drug-likeness (QED) is 0.656. The van der Waals surface area contributed by atoms with Crippen LogP contribution in [0.5, 0.6) is 5.75 Å². The lowest BCUT2D eigenvalue weighted by atomic mass is 9.71. The van der Waals surface area contributed by atoms with E-state index in [9.17, 15) is 4.79 Å². The Morgan fingerprint density at radius 2 is 1.97 bits per heavy atom. The van der Waals surface area contributed by atoms with Crippen LogP contribution in [0.3, 0.4) is 0 Å². The van der Waals surface area contributed by atoms with Gasteiger partial charge < -0.3 is 26.4 Å². The number of fused-ring (bicyclic) bond motifs is 3. The number of likely N-dealkylation sites (N-methyl/N-ethyl adjacent to an activating group) is 2. The summed E-state index contributed by atoms with van der Waals surface area (Å²) < 4.78 is 6.53. The van der Waals surface area contributed by atoms with Gasteiger partial charge in [-0.15, -0.1) is 0 Å². The van der Waals surface area contributed by atoms with Crippen molar-refractivity contribution in [3.05, 3.63) is 29.6 Å². The molecule has 2 aromatic rings. The van der Waals surface area contributed by atoms with E-state index >= 15 is 0 Å². The maximum Gasteiger partial charge on any atom is 0.239 e. The minimum atomic E-state index is -0.257. The summed E-state index contributed by atoms with van der Waals surface area (Å²) in [6.45, 7) is 4.55. The molecule has 0 radical (unpaired) electrons. The van der Waals surface area contributed by atoms with Gasteiger partial charge in [0.15, 0.2) is 0 Å². The number of ether oxygens (including phenoxy) is 1. The minimum Gasteiger partial charge on any atom is -0.488 e. The average molecular weight is 439 g/mol. The third-order valence-corrected chi connectivity index (χ3v) is 6.73. The highest BCUT2D eigenvalue weighted by molar-refractivity contribution is 5.86. The van der Waals surface area contributed by atoms with Gasteiger partial charge in [0.2, 0.25) is 5.91 Å². The zero-order valence-corrected chi connectivity index (χ0v) is 19.4. The number of rotatable bonds is 5. The van der Waals surface area contributed by atoms with Crippen LogP contribution in [0, 0.1) is 0 Å². The molecule has 1 fully saturated rings. The first-order valence-electron chi connectivity index (χ1n) is 11.3. The number of carbonyl (C=O) groups excluding carboxylic acids is 1. The highest BCUT2D eigenvalue weighted by atomic mass is 16.5. The number of carbonyl (C=O) groups is 1. The van der Waals surface area contributed by atoms with Crippen molar-refractivity contribution in [2.24, 2.45) is 5.73 Å². The number of nitrogens with two attached hydrogens (primary N) is 2. The lowest BCUT2D eigenvalue weighted by molar-refractivity contribution is -0.119. The van der Waals surface area contributed by atoms with E-state index in [1.807, 2.05) is 18.0 Å². The molecule has 172 valence electrons. The van der Waals surface area contributed by atoms with Crippen LogP contribution in [0.4, 0.5) is 11.5 Å². The van der Waals surface area contributed by atoms with Gasteiger partial charge in [-0.25, -0.2) is 9.97 Å². The van der Waals surface area contributed by atoms with Crippen molar-refractivity contribution in [2.75, 3.05) is 31.3 Å². The predicted molar refractivity (Wildman–Crippen MR) is 127 cm³/mol. The number of hydrogen-bond donors (Lipinski definition) is 3. The smallest absolute Gasteiger partial charge is 0.239 e. The van der Waals surface area contributed by atoms with Crippen LogP contribution in [0.15, 0.2) is 18.5 Å². The van der Waals surface area contributed by atoms with Gasteiger partial charge in [0.05, 0.1) is 24.0 Å². The lowest BCUT2D eigenvalue weighted by Gasteiger charge is -2.37. The maximum absolute atomic E-state index is 12.2. The molecule has 32 heavy (non-hydrogen) atoms. The Morgan fingerprint density at radius 3 is 2.66 bits per heavy atom. The van der Waals surface area contributed by atoms with Gasteiger partial charge in [-0.2, -0.15) is 0 Å². The molecular weight excluding hydrogens is 404 g/mol. The minimum absolute atomic E-state index is 0.0540. The maximum atomic E-state index is 12.2. The van der Waals surface area contributed by atoms with Crippen LogP contribution in [0.1, 0.15) is 50.7 Å². The number of hydrogen-bond acceptors (Lipinski definition) is 7. The van der Waals surface area contributed by atoms with Crippen molar-refractivity contribution in [1.82, 2.24) is 15.3 Å². The fourth-order valence-electron chi connectivity index (χ4n) is 5.09. The number of nitrogens with one attached hydrogen (secondary N) is 1. The summed E-state index contributed by atoms with van der Waals surface area (Å²) in [6.07, 6.45) is 6.20. The van der Waals surface area contributed by atoms with E-state index in [2.05, 4.69) is 35.2 Å². The van der Waals surface area contributed by atoms with E-state index in [0.29, 0.717) is 5.82 Å². The molecule has 0 aliphatic heterocycles. The fraction of sp³-hybridized carbons (Fsp3) is 0.542. The number of benzene rings is 1. The molecule has 0 saturated heterocycles. The van der Waals surface area contributed by atoms with E-state index in [1.54, 1.807) is 7.05 Å². The molecule has 4 rings (SSSR count). The van der Waals surface area contributed by atoms with Crippen molar-refractivity contribution in [1.29, 1.82) is 0 Å². The average Bonchev–Trinajstić information content (AvgIpc) is 2.74. The Morgan fingerprint density at radius 1 is 1.25 bits per heavy atom. The van der Waals surface area contributed by atoms with Crippen molar-refractivity contribution in [3.8, 4) is 17.0 Å². The number of amides is 1. The fourth-order valence-corrected chi connectivity index (χ4v) is 5.09. The first kappa shape index (κ1) is 22.3. The number of aromatic nitrogens is 2. The summed E-state index contributed by atoms with van der Waals surface area (Å²) >= 11 is 0. The first-order valence-corrected chi connectivity index (χ1v) is 11.3. The molecule has 0 bridgehead atoms. The Hall–Kier alpha value is -2.87. The molecule has 0 spiro atoms. The molecule has 1 amide bonds. The highest BCUT2D eigenvalue weighted by Gasteiger charge is 2.37. The molecule has 0 unspecified atom stereocenters. The summed E-state index contributed by atoms with van der Waals surface area (Å²) in [5.41, 5.74) is 17.0. The monoisotopic (exact) mass is 438 g/mol. The van der Waals surface area contributed by atoms with E-state index in [0.717, 1.165) is 65.9 Å². The molecule has 1 heterocycles. The van der Waals surface area contributed by atoms with Gasteiger partial charge in [-0.05, 0) is 55.2 Å².